The molecule has 0 unspecified atom stereocenters. The van der Waals surface area contributed by atoms with Gasteiger partial charge in [-0.1, -0.05) is 16.8 Å². The molecule has 8 heteroatoms. The Balaban J connectivity index is 1.52. The average Bonchev–Trinajstić information content (AvgIpc) is 3.21. The Bertz CT molecular complexity index is 993. The quantitative estimate of drug-likeness (QED) is 0.566. The summed E-state index contributed by atoms with van der Waals surface area (Å²) in [4.78, 5) is 4.35. The van der Waals surface area contributed by atoms with Crippen molar-refractivity contribution in [1.82, 2.24) is 24.7 Å². The molecule has 4 aromatic rings. The minimum atomic E-state index is 0.183. The van der Waals surface area contributed by atoms with Crippen LogP contribution in [0.25, 0.3) is 17.0 Å². The van der Waals surface area contributed by atoms with Crippen LogP contribution in [-0.2, 0) is 6.61 Å². The van der Waals surface area contributed by atoms with Gasteiger partial charge in [0.15, 0.2) is 12.3 Å². The molecule has 0 spiro atoms. The van der Waals surface area contributed by atoms with Crippen LogP contribution in [0.15, 0.2) is 47.1 Å². The first-order chi connectivity index (χ1) is 11.7. The summed E-state index contributed by atoms with van der Waals surface area (Å²) in [5, 5.41) is 12.7. The molecular formula is C16H12ClN5O2. The van der Waals surface area contributed by atoms with Crippen molar-refractivity contribution in [2.45, 2.75) is 13.5 Å². The predicted octanol–water partition coefficient (Wildman–Crippen LogP) is 3.32. The number of fused-ring (bicyclic) bond motifs is 1. The van der Waals surface area contributed by atoms with Crippen molar-refractivity contribution in [2.75, 3.05) is 0 Å². The van der Waals surface area contributed by atoms with E-state index in [1.165, 1.54) is 0 Å². The van der Waals surface area contributed by atoms with Gasteiger partial charge in [0.05, 0.1) is 0 Å². The second kappa shape index (κ2) is 5.93. The monoisotopic (exact) mass is 341 g/mol. The fourth-order valence-corrected chi connectivity index (χ4v) is 2.37. The van der Waals surface area contributed by atoms with Gasteiger partial charge >= 0.3 is 0 Å². The third-order valence-corrected chi connectivity index (χ3v) is 3.73. The van der Waals surface area contributed by atoms with E-state index in [4.69, 9.17) is 20.9 Å². The van der Waals surface area contributed by atoms with Gasteiger partial charge in [0.25, 0.3) is 5.89 Å². The summed E-state index contributed by atoms with van der Waals surface area (Å²) in [7, 11) is 0. The molecule has 0 saturated carbocycles. The minimum absolute atomic E-state index is 0.183. The SMILES string of the molecule is Cc1nnc2ccc(-c3noc(COc4ccc(Cl)cc4)n3)cn12. The Morgan fingerprint density at radius 1 is 1.12 bits per heavy atom. The molecule has 1 aromatic carbocycles. The van der Waals surface area contributed by atoms with Crippen LogP contribution in [0, 0.1) is 6.92 Å². The fraction of sp³-hybridized carbons (Fsp3) is 0.125. The molecule has 0 fully saturated rings. The highest BCUT2D eigenvalue weighted by molar-refractivity contribution is 6.30. The predicted molar refractivity (Wildman–Crippen MR) is 86.8 cm³/mol. The number of hydrogen-bond acceptors (Lipinski definition) is 6. The zero-order valence-corrected chi connectivity index (χ0v) is 13.4. The Kier molecular flexibility index (Phi) is 3.62. The maximum absolute atomic E-state index is 5.84. The molecule has 120 valence electrons. The highest BCUT2D eigenvalue weighted by Gasteiger charge is 2.11. The van der Waals surface area contributed by atoms with Gasteiger partial charge in [-0.15, -0.1) is 10.2 Å². The molecule has 0 aliphatic heterocycles. The van der Waals surface area contributed by atoms with Crippen molar-refractivity contribution >= 4 is 17.2 Å². The topological polar surface area (TPSA) is 78.3 Å². The van der Waals surface area contributed by atoms with Crippen molar-refractivity contribution in [3.63, 3.8) is 0 Å². The molecule has 24 heavy (non-hydrogen) atoms. The molecule has 4 rings (SSSR count). The Labute approximate surface area is 141 Å². The van der Waals surface area contributed by atoms with E-state index in [-0.39, 0.29) is 6.61 Å². The highest BCUT2D eigenvalue weighted by atomic mass is 35.5. The molecule has 0 saturated heterocycles. The van der Waals surface area contributed by atoms with E-state index in [1.807, 2.05) is 29.7 Å². The van der Waals surface area contributed by atoms with E-state index in [9.17, 15) is 0 Å². The summed E-state index contributed by atoms with van der Waals surface area (Å²) in [5.74, 6) is 2.35. The lowest BCUT2D eigenvalue weighted by Crippen LogP contribution is -1.95. The van der Waals surface area contributed by atoms with Crippen molar-refractivity contribution in [1.29, 1.82) is 0 Å². The van der Waals surface area contributed by atoms with Gasteiger partial charge in [-0.2, -0.15) is 4.98 Å². The first-order valence-electron chi connectivity index (χ1n) is 7.22. The number of aryl methyl sites for hydroxylation is 1. The zero-order chi connectivity index (χ0) is 16.5. The first kappa shape index (κ1) is 14.6. The van der Waals surface area contributed by atoms with Crippen LogP contribution >= 0.6 is 11.6 Å². The van der Waals surface area contributed by atoms with Gasteiger partial charge in [0, 0.05) is 16.8 Å². The summed E-state index contributed by atoms with van der Waals surface area (Å²) in [6.07, 6.45) is 1.87. The number of rotatable bonds is 4. The van der Waals surface area contributed by atoms with E-state index in [0.717, 1.165) is 17.0 Å². The van der Waals surface area contributed by atoms with Crippen LogP contribution in [-0.4, -0.2) is 24.7 Å². The standard InChI is InChI=1S/C16H12ClN5O2/c1-10-19-20-14-7-2-11(8-22(10)14)16-18-15(24-21-16)9-23-13-5-3-12(17)4-6-13/h2-8H,9H2,1H3. The number of benzene rings is 1. The molecule has 3 aromatic heterocycles. The Hall–Kier alpha value is -2.93. The minimum Gasteiger partial charge on any atom is -0.484 e. The molecular weight excluding hydrogens is 330 g/mol. The van der Waals surface area contributed by atoms with Gasteiger partial charge in [-0.05, 0) is 43.3 Å². The van der Waals surface area contributed by atoms with Crippen LogP contribution in [0.5, 0.6) is 5.75 Å². The fourth-order valence-electron chi connectivity index (χ4n) is 2.24. The second-order valence-corrected chi connectivity index (χ2v) is 5.58. The van der Waals surface area contributed by atoms with Gasteiger partial charge in [-0.25, -0.2) is 0 Å². The molecule has 0 amide bonds. The third-order valence-electron chi connectivity index (χ3n) is 3.48. The number of hydrogen-bond donors (Lipinski definition) is 0. The summed E-state index contributed by atoms with van der Waals surface area (Å²) < 4.78 is 12.7. The Morgan fingerprint density at radius 2 is 1.96 bits per heavy atom. The molecule has 0 aliphatic rings. The van der Waals surface area contributed by atoms with Crippen molar-refractivity contribution in [2.24, 2.45) is 0 Å². The average molecular weight is 342 g/mol. The largest absolute Gasteiger partial charge is 0.484 e. The smallest absolute Gasteiger partial charge is 0.264 e. The van der Waals surface area contributed by atoms with Gasteiger partial charge in [0.1, 0.15) is 11.6 Å². The number of halogens is 1. The van der Waals surface area contributed by atoms with Crippen molar-refractivity contribution in [3.05, 3.63) is 59.3 Å². The van der Waals surface area contributed by atoms with Crippen LogP contribution in [0.4, 0.5) is 0 Å². The van der Waals surface area contributed by atoms with E-state index < -0.39 is 0 Å². The molecule has 0 atom stereocenters. The van der Waals surface area contributed by atoms with Crippen LogP contribution in [0.3, 0.4) is 0 Å². The number of aromatic nitrogens is 5. The van der Waals surface area contributed by atoms with Gasteiger partial charge in [-0.3, -0.25) is 4.40 Å². The molecule has 0 N–H and O–H groups in total. The zero-order valence-electron chi connectivity index (χ0n) is 12.7. The lowest BCUT2D eigenvalue weighted by atomic mass is 10.2. The number of nitrogens with zero attached hydrogens (tertiary/aromatic N) is 5. The number of pyridine rings is 1. The number of ether oxygens (including phenoxy) is 1. The van der Waals surface area contributed by atoms with Crippen molar-refractivity contribution < 1.29 is 9.26 Å². The van der Waals surface area contributed by atoms with Crippen LogP contribution < -0.4 is 4.74 Å². The highest BCUT2D eigenvalue weighted by Crippen LogP contribution is 2.19. The Morgan fingerprint density at radius 3 is 2.79 bits per heavy atom. The first-order valence-corrected chi connectivity index (χ1v) is 7.59. The normalized spacial score (nSPS) is 11.1. The third kappa shape index (κ3) is 2.81. The van der Waals surface area contributed by atoms with E-state index in [2.05, 4.69) is 20.3 Å². The molecule has 3 heterocycles. The maximum Gasteiger partial charge on any atom is 0.264 e. The molecule has 0 bridgehead atoms. The summed E-state index contributed by atoms with van der Waals surface area (Å²) >= 11 is 5.84. The van der Waals surface area contributed by atoms with Crippen LogP contribution in [0.2, 0.25) is 5.02 Å². The molecule has 0 radical (unpaired) electrons. The summed E-state index contributed by atoms with van der Waals surface area (Å²) in [6, 6.07) is 10.8. The van der Waals surface area contributed by atoms with E-state index in [1.54, 1.807) is 24.3 Å². The van der Waals surface area contributed by atoms with E-state index in [0.29, 0.717) is 22.5 Å². The maximum atomic E-state index is 5.84. The van der Waals surface area contributed by atoms with Crippen molar-refractivity contribution in [3.8, 4) is 17.1 Å². The molecule has 0 aliphatic carbocycles. The second-order valence-electron chi connectivity index (χ2n) is 5.15. The van der Waals surface area contributed by atoms with Gasteiger partial charge < -0.3 is 9.26 Å². The van der Waals surface area contributed by atoms with Gasteiger partial charge in [0.2, 0.25) is 5.82 Å². The lowest BCUT2D eigenvalue weighted by Gasteiger charge is -2.02. The van der Waals surface area contributed by atoms with E-state index >= 15 is 0 Å². The lowest BCUT2D eigenvalue weighted by molar-refractivity contribution is 0.243. The summed E-state index contributed by atoms with van der Waals surface area (Å²) in [6.45, 7) is 2.06. The summed E-state index contributed by atoms with van der Waals surface area (Å²) in [5.41, 5.74) is 1.58. The van der Waals surface area contributed by atoms with Crippen LogP contribution in [0.1, 0.15) is 11.7 Å². The molecule has 7 nitrogen and oxygen atoms in total.